The molecule has 1 fully saturated rings. The third-order valence-electron chi connectivity index (χ3n) is 5.54. The highest BCUT2D eigenvalue weighted by molar-refractivity contribution is 7.89. The molecule has 0 aromatic heterocycles. The van der Waals surface area contributed by atoms with E-state index >= 15 is 0 Å². The molecular formula is C23H26N2O9S. The Labute approximate surface area is 203 Å². The van der Waals surface area contributed by atoms with Crippen molar-refractivity contribution in [1.82, 2.24) is 4.31 Å². The van der Waals surface area contributed by atoms with Gasteiger partial charge in [0, 0.05) is 14.2 Å². The number of amides is 2. The van der Waals surface area contributed by atoms with Crippen molar-refractivity contribution in [3.05, 3.63) is 54.1 Å². The molecule has 35 heavy (non-hydrogen) atoms. The molecule has 0 radical (unpaired) electrons. The van der Waals surface area contributed by atoms with Crippen molar-refractivity contribution in [3.63, 3.8) is 0 Å². The summed E-state index contributed by atoms with van der Waals surface area (Å²) in [5.41, 5.74) is 0.436. The summed E-state index contributed by atoms with van der Waals surface area (Å²) in [6.07, 6.45) is -1.37. The van der Waals surface area contributed by atoms with Gasteiger partial charge in [-0.05, 0) is 48.5 Å². The van der Waals surface area contributed by atoms with Crippen LogP contribution in [0.4, 0.5) is 5.69 Å². The lowest BCUT2D eigenvalue weighted by molar-refractivity contribution is -0.125. The number of methoxy groups -OCH3 is 4. The molecule has 2 amide bonds. The zero-order chi connectivity index (χ0) is 25.8. The van der Waals surface area contributed by atoms with Crippen LogP contribution in [0.5, 0.6) is 5.75 Å². The van der Waals surface area contributed by atoms with E-state index in [4.69, 9.17) is 14.2 Å². The fourth-order valence-electron chi connectivity index (χ4n) is 3.64. The quantitative estimate of drug-likeness (QED) is 0.267. The van der Waals surface area contributed by atoms with E-state index in [2.05, 4.69) is 4.74 Å². The number of hydrogen-bond acceptors (Lipinski definition) is 9. The molecule has 3 rings (SSSR count). The number of nitrogens with zero attached hydrogens (tertiary/aromatic N) is 2. The van der Waals surface area contributed by atoms with Crippen LogP contribution >= 0.6 is 0 Å². The number of imide groups is 1. The van der Waals surface area contributed by atoms with E-state index in [9.17, 15) is 22.8 Å². The first kappa shape index (κ1) is 26.3. The Morgan fingerprint density at radius 2 is 1.60 bits per heavy atom. The van der Waals surface area contributed by atoms with Gasteiger partial charge in [0.1, 0.15) is 11.8 Å². The second-order valence-corrected chi connectivity index (χ2v) is 9.37. The van der Waals surface area contributed by atoms with Gasteiger partial charge in [0.15, 0.2) is 6.29 Å². The minimum atomic E-state index is -4.25. The summed E-state index contributed by atoms with van der Waals surface area (Å²) >= 11 is 0. The van der Waals surface area contributed by atoms with E-state index in [1.807, 2.05) is 0 Å². The first-order valence-electron chi connectivity index (χ1n) is 10.4. The SMILES string of the molecule is COC(=O)c1ccc(N2C(=O)CC(N(CC(OC)OC)S(=O)(=O)c3ccc(OC)cc3)C2=O)cc1. The summed E-state index contributed by atoms with van der Waals surface area (Å²) in [6, 6.07) is 9.97. The fraction of sp³-hybridized carbons (Fsp3) is 0.348. The van der Waals surface area contributed by atoms with Crippen LogP contribution in [0.2, 0.25) is 0 Å². The summed E-state index contributed by atoms with van der Waals surface area (Å²) in [5.74, 6) is -1.44. The molecule has 2 aromatic rings. The van der Waals surface area contributed by atoms with E-state index in [1.54, 1.807) is 0 Å². The molecular weight excluding hydrogens is 480 g/mol. The predicted molar refractivity (Wildman–Crippen MR) is 123 cm³/mol. The number of rotatable bonds is 10. The van der Waals surface area contributed by atoms with Crippen LogP contribution in [0.25, 0.3) is 0 Å². The van der Waals surface area contributed by atoms with Gasteiger partial charge in [-0.2, -0.15) is 4.31 Å². The van der Waals surface area contributed by atoms with E-state index in [-0.39, 0.29) is 29.1 Å². The number of carbonyl (C=O) groups excluding carboxylic acids is 3. The molecule has 2 aromatic carbocycles. The maximum absolute atomic E-state index is 13.6. The lowest BCUT2D eigenvalue weighted by atomic mass is 10.2. The van der Waals surface area contributed by atoms with Crippen molar-refractivity contribution >= 4 is 33.5 Å². The monoisotopic (exact) mass is 506 g/mol. The standard InChI is InChI=1S/C23H26N2O9S/c1-31-17-9-11-18(12-10-17)35(29,30)24(14-21(32-2)33-3)19-13-20(26)25(22(19)27)16-7-5-15(6-8-16)23(28)34-4/h5-12,19,21H,13-14H2,1-4H3. The molecule has 0 spiro atoms. The largest absolute Gasteiger partial charge is 0.497 e. The number of carbonyl (C=O) groups is 3. The lowest BCUT2D eigenvalue weighted by Gasteiger charge is -2.29. The van der Waals surface area contributed by atoms with Crippen molar-refractivity contribution in [3.8, 4) is 5.75 Å². The van der Waals surface area contributed by atoms with Gasteiger partial charge in [-0.1, -0.05) is 0 Å². The molecule has 0 aliphatic carbocycles. The van der Waals surface area contributed by atoms with Gasteiger partial charge in [-0.3, -0.25) is 9.59 Å². The average molecular weight is 507 g/mol. The summed E-state index contributed by atoms with van der Waals surface area (Å²) in [5, 5.41) is 0. The van der Waals surface area contributed by atoms with Gasteiger partial charge < -0.3 is 18.9 Å². The smallest absolute Gasteiger partial charge is 0.337 e. The first-order chi connectivity index (χ1) is 16.7. The molecule has 1 heterocycles. The summed E-state index contributed by atoms with van der Waals surface area (Å²) < 4.78 is 48.1. The number of sulfonamides is 1. The number of esters is 1. The highest BCUT2D eigenvalue weighted by Gasteiger charge is 2.47. The summed E-state index contributed by atoms with van der Waals surface area (Å²) in [6.45, 7) is -0.333. The van der Waals surface area contributed by atoms with Crippen molar-refractivity contribution in [2.24, 2.45) is 0 Å². The van der Waals surface area contributed by atoms with Crippen LogP contribution in [0.15, 0.2) is 53.4 Å². The fourth-order valence-corrected chi connectivity index (χ4v) is 5.21. The minimum Gasteiger partial charge on any atom is -0.497 e. The van der Waals surface area contributed by atoms with Crippen molar-refractivity contribution in [2.45, 2.75) is 23.6 Å². The van der Waals surface area contributed by atoms with Crippen molar-refractivity contribution in [2.75, 3.05) is 39.9 Å². The zero-order valence-electron chi connectivity index (χ0n) is 19.7. The van der Waals surface area contributed by atoms with Crippen LogP contribution in [0.3, 0.4) is 0 Å². The van der Waals surface area contributed by atoms with Gasteiger partial charge in [-0.15, -0.1) is 0 Å². The van der Waals surface area contributed by atoms with E-state index in [0.29, 0.717) is 5.75 Å². The van der Waals surface area contributed by atoms with Crippen LogP contribution in [-0.4, -0.2) is 77.8 Å². The Kier molecular flexibility index (Phi) is 8.22. The molecule has 1 atom stereocenters. The molecule has 11 nitrogen and oxygen atoms in total. The van der Waals surface area contributed by atoms with Crippen LogP contribution in [-0.2, 0) is 33.8 Å². The Balaban J connectivity index is 1.98. The van der Waals surface area contributed by atoms with Gasteiger partial charge in [0.2, 0.25) is 15.9 Å². The number of ether oxygens (including phenoxy) is 4. The summed E-state index contributed by atoms with van der Waals surface area (Å²) in [4.78, 5) is 38.7. The average Bonchev–Trinajstić information content (AvgIpc) is 3.17. The number of hydrogen-bond donors (Lipinski definition) is 0. The highest BCUT2D eigenvalue weighted by Crippen LogP contribution is 2.30. The molecule has 0 saturated carbocycles. The maximum Gasteiger partial charge on any atom is 0.337 e. The van der Waals surface area contributed by atoms with Gasteiger partial charge in [-0.25, -0.2) is 18.1 Å². The third kappa shape index (κ3) is 5.35. The molecule has 0 N–H and O–H groups in total. The molecule has 12 heteroatoms. The highest BCUT2D eigenvalue weighted by atomic mass is 32.2. The molecule has 188 valence electrons. The first-order valence-corrected chi connectivity index (χ1v) is 11.9. The molecule has 1 saturated heterocycles. The van der Waals surface area contributed by atoms with E-state index in [1.165, 1.54) is 77.0 Å². The number of anilines is 1. The topological polar surface area (TPSA) is 129 Å². The van der Waals surface area contributed by atoms with Crippen LogP contribution < -0.4 is 9.64 Å². The van der Waals surface area contributed by atoms with Gasteiger partial charge >= 0.3 is 5.97 Å². The second kappa shape index (κ2) is 11.0. The summed E-state index contributed by atoms with van der Waals surface area (Å²) in [7, 11) is 1.11. The lowest BCUT2D eigenvalue weighted by Crippen LogP contribution is -2.49. The Bertz CT molecular complexity index is 1180. The van der Waals surface area contributed by atoms with Crippen LogP contribution in [0, 0.1) is 0 Å². The molecule has 1 unspecified atom stereocenters. The molecule has 1 aliphatic heterocycles. The van der Waals surface area contributed by atoms with E-state index in [0.717, 1.165) is 9.21 Å². The third-order valence-corrected chi connectivity index (χ3v) is 7.43. The Hall–Kier alpha value is -3.32. The Morgan fingerprint density at radius 3 is 2.11 bits per heavy atom. The maximum atomic E-state index is 13.6. The van der Waals surface area contributed by atoms with Crippen molar-refractivity contribution < 1.29 is 41.7 Å². The van der Waals surface area contributed by atoms with Gasteiger partial charge in [0.25, 0.3) is 5.91 Å². The molecule has 0 bridgehead atoms. The second-order valence-electron chi connectivity index (χ2n) is 7.48. The van der Waals surface area contributed by atoms with Crippen LogP contribution in [0.1, 0.15) is 16.8 Å². The Morgan fingerprint density at radius 1 is 1.00 bits per heavy atom. The normalized spacial score (nSPS) is 16.3. The van der Waals surface area contributed by atoms with Crippen molar-refractivity contribution in [1.29, 1.82) is 0 Å². The minimum absolute atomic E-state index is 0.0922. The van der Waals surface area contributed by atoms with Gasteiger partial charge in [0.05, 0.1) is 43.3 Å². The zero-order valence-corrected chi connectivity index (χ0v) is 20.5. The van der Waals surface area contributed by atoms with E-state index < -0.39 is 40.1 Å². The number of benzene rings is 2. The predicted octanol–water partition coefficient (Wildman–Crippen LogP) is 1.42. The molecule has 1 aliphatic rings.